The van der Waals surface area contributed by atoms with Gasteiger partial charge in [-0.3, -0.25) is 0 Å². The van der Waals surface area contributed by atoms with Crippen molar-refractivity contribution in [3.05, 3.63) is 0 Å². The van der Waals surface area contributed by atoms with Gasteiger partial charge in [0, 0.05) is 13.1 Å². The van der Waals surface area contributed by atoms with Crippen molar-refractivity contribution in [3.8, 4) is 6.07 Å². The molecule has 0 radical (unpaired) electrons. The topological polar surface area (TPSA) is 39.1 Å². The summed E-state index contributed by atoms with van der Waals surface area (Å²) in [7, 11) is 0. The van der Waals surface area contributed by atoms with E-state index in [2.05, 4.69) is 30.1 Å². The van der Waals surface area contributed by atoms with Gasteiger partial charge >= 0.3 is 0 Å². The van der Waals surface area contributed by atoms with E-state index in [9.17, 15) is 0 Å². The van der Waals surface area contributed by atoms with Crippen LogP contribution in [-0.2, 0) is 0 Å². The maximum absolute atomic E-state index is 9.04. The summed E-state index contributed by atoms with van der Waals surface area (Å²) < 4.78 is 0. The zero-order valence-corrected chi connectivity index (χ0v) is 10.7. The van der Waals surface area contributed by atoms with Crippen molar-refractivity contribution in [2.75, 3.05) is 26.2 Å². The molecule has 3 nitrogen and oxygen atoms in total. The quantitative estimate of drug-likeness (QED) is 0.717. The van der Waals surface area contributed by atoms with Gasteiger partial charge in [-0.15, -0.1) is 0 Å². The number of likely N-dealkylation sites (tertiary alicyclic amines) is 1. The van der Waals surface area contributed by atoms with Crippen LogP contribution >= 0.6 is 0 Å². The van der Waals surface area contributed by atoms with E-state index in [0.29, 0.717) is 0 Å². The van der Waals surface area contributed by atoms with Gasteiger partial charge in [0.1, 0.15) is 6.04 Å². The van der Waals surface area contributed by atoms with Crippen LogP contribution in [0.4, 0.5) is 0 Å². The molecule has 0 aromatic heterocycles. The number of rotatable bonds is 7. The molecular weight excluding hydrogens is 198 g/mol. The summed E-state index contributed by atoms with van der Waals surface area (Å²) in [6.45, 7) is 8.61. The first-order chi connectivity index (χ1) is 7.80. The lowest BCUT2D eigenvalue weighted by atomic mass is 10.0. The molecule has 1 aliphatic rings. The Morgan fingerprint density at radius 1 is 1.44 bits per heavy atom. The lowest BCUT2D eigenvalue weighted by Crippen LogP contribution is -2.39. The first-order valence-corrected chi connectivity index (χ1v) is 6.65. The fraction of sp³-hybridized carbons (Fsp3) is 0.923. The molecule has 1 fully saturated rings. The largest absolute Gasteiger partial charge is 0.301 e. The highest BCUT2D eigenvalue weighted by Gasteiger charge is 2.23. The van der Waals surface area contributed by atoms with Crippen molar-refractivity contribution < 1.29 is 0 Å². The molecule has 1 N–H and O–H groups in total. The molecule has 3 heteroatoms. The summed E-state index contributed by atoms with van der Waals surface area (Å²) in [5, 5.41) is 12.3. The molecule has 1 heterocycles. The Bertz CT molecular complexity index is 222. The number of hydrogen-bond donors (Lipinski definition) is 1. The lowest BCUT2D eigenvalue weighted by Gasteiger charge is -2.20. The summed E-state index contributed by atoms with van der Waals surface area (Å²) in [4.78, 5) is 2.44. The van der Waals surface area contributed by atoms with Crippen molar-refractivity contribution in [1.29, 1.82) is 5.26 Å². The number of hydrogen-bond acceptors (Lipinski definition) is 3. The van der Waals surface area contributed by atoms with Gasteiger partial charge in [0.05, 0.1) is 6.07 Å². The maximum Gasteiger partial charge on any atom is 0.108 e. The molecule has 0 bridgehead atoms. The Hall–Kier alpha value is -0.590. The van der Waals surface area contributed by atoms with Gasteiger partial charge < -0.3 is 10.2 Å². The zero-order valence-electron chi connectivity index (χ0n) is 10.7. The van der Waals surface area contributed by atoms with Crippen molar-refractivity contribution >= 4 is 0 Å². The van der Waals surface area contributed by atoms with Gasteiger partial charge in [0.15, 0.2) is 0 Å². The van der Waals surface area contributed by atoms with E-state index >= 15 is 0 Å². The summed E-state index contributed by atoms with van der Waals surface area (Å²) in [5.41, 5.74) is 0. The normalized spacial score (nSPS) is 23.2. The van der Waals surface area contributed by atoms with Crippen molar-refractivity contribution in [3.63, 3.8) is 0 Å². The van der Waals surface area contributed by atoms with Crippen LogP contribution in [0.1, 0.15) is 39.5 Å². The average Bonchev–Trinajstić information content (AvgIpc) is 2.72. The van der Waals surface area contributed by atoms with E-state index in [1.165, 1.54) is 32.4 Å². The molecule has 2 atom stereocenters. The van der Waals surface area contributed by atoms with Crippen LogP contribution in [-0.4, -0.2) is 37.1 Å². The molecule has 0 aromatic rings. The zero-order chi connectivity index (χ0) is 11.8. The average molecular weight is 223 g/mol. The van der Waals surface area contributed by atoms with Crippen molar-refractivity contribution in [2.45, 2.75) is 45.6 Å². The van der Waals surface area contributed by atoms with E-state index in [4.69, 9.17) is 5.26 Å². The standard InChI is InChI=1S/C13H25N3/c1-3-5-12-6-8-16(10-12)11-13(9-14)15-7-4-2/h12-13,15H,3-8,10-11H2,1-2H3. The smallest absolute Gasteiger partial charge is 0.108 e. The Labute approximate surface area is 99.8 Å². The Morgan fingerprint density at radius 3 is 2.88 bits per heavy atom. The molecule has 0 amide bonds. The molecule has 1 rings (SSSR count). The second-order valence-electron chi connectivity index (χ2n) is 4.84. The molecule has 2 unspecified atom stereocenters. The molecule has 0 aromatic carbocycles. The van der Waals surface area contributed by atoms with Crippen LogP contribution in [0.5, 0.6) is 0 Å². The number of nitrogens with one attached hydrogen (secondary N) is 1. The van der Waals surface area contributed by atoms with Crippen molar-refractivity contribution in [1.82, 2.24) is 10.2 Å². The van der Waals surface area contributed by atoms with Gasteiger partial charge in [0.25, 0.3) is 0 Å². The van der Waals surface area contributed by atoms with E-state index < -0.39 is 0 Å². The third-order valence-corrected chi connectivity index (χ3v) is 3.30. The van der Waals surface area contributed by atoms with Crippen LogP contribution in [0.25, 0.3) is 0 Å². The fourth-order valence-electron chi connectivity index (χ4n) is 2.45. The molecule has 0 aliphatic carbocycles. The first-order valence-electron chi connectivity index (χ1n) is 6.65. The highest BCUT2D eigenvalue weighted by atomic mass is 15.2. The number of nitriles is 1. The monoisotopic (exact) mass is 223 g/mol. The van der Waals surface area contributed by atoms with Gasteiger partial charge in [0.2, 0.25) is 0 Å². The fourth-order valence-corrected chi connectivity index (χ4v) is 2.45. The molecule has 16 heavy (non-hydrogen) atoms. The summed E-state index contributed by atoms with van der Waals surface area (Å²) in [6.07, 6.45) is 5.04. The predicted molar refractivity (Wildman–Crippen MR) is 67.1 cm³/mol. The minimum Gasteiger partial charge on any atom is -0.301 e. The minimum absolute atomic E-state index is 0.0142. The Morgan fingerprint density at radius 2 is 2.25 bits per heavy atom. The van der Waals surface area contributed by atoms with Crippen LogP contribution in [0, 0.1) is 17.2 Å². The predicted octanol–water partition coefficient (Wildman–Crippen LogP) is 2.00. The second kappa shape index (κ2) is 7.65. The van der Waals surface area contributed by atoms with E-state index in [-0.39, 0.29) is 6.04 Å². The van der Waals surface area contributed by atoms with Gasteiger partial charge in [-0.1, -0.05) is 20.3 Å². The Balaban J connectivity index is 2.23. The first kappa shape index (κ1) is 13.5. The van der Waals surface area contributed by atoms with Crippen LogP contribution in [0.15, 0.2) is 0 Å². The molecule has 0 saturated carbocycles. The van der Waals surface area contributed by atoms with E-state index in [1.807, 2.05) is 0 Å². The van der Waals surface area contributed by atoms with Crippen molar-refractivity contribution in [2.24, 2.45) is 5.92 Å². The second-order valence-corrected chi connectivity index (χ2v) is 4.84. The lowest BCUT2D eigenvalue weighted by molar-refractivity contribution is 0.299. The summed E-state index contributed by atoms with van der Waals surface area (Å²) >= 11 is 0. The highest BCUT2D eigenvalue weighted by Crippen LogP contribution is 2.20. The van der Waals surface area contributed by atoms with E-state index in [0.717, 1.165) is 25.4 Å². The van der Waals surface area contributed by atoms with Gasteiger partial charge in [-0.05, 0) is 38.3 Å². The van der Waals surface area contributed by atoms with E-state index in [1.54, 1.807) is 0 Å². The molecular formula is C13H25N3. The van der Waals surface area contributed by atoms with Gasteiger partial charge in [-0.25, -0.2) is 0 Å². The molecule has 0 spiro atoms. The van der Waals surface area contributed by atoms with Crippen LogP contribution < -0.4 is 5.32 Å². The highest BCUT2D eigenvalue weighted by molar-refractivity contribution is 4.93. The molecule has 92 valence electrons. The SMILES string of the molecule is CCCNC(C#N)CN1CCC(CCC)C1. The molecule has 1 saturated heterocycles. The Kier molecular flexibility index (Phi) is 6.44. The third-order valence-electron chi connectivity index (χ3n) is 3.30. The summed E-state index contributed by atoms with van der Waals surface area (Å²) in [6, 6.07) is 2.37. The van der Waals surface area contributed by atoms with Crippen LogP contribution in [0.3, 0.4) is 0 Å². The molecule has 1 aliphatic heterocycles. The van der Waals surface area contributed by atoms with Gasteiger partial charge in [-0.2, -0.15) is 5.26 Å². The van der Waals surface area contributed by atoms with Crippen LogP contribution in [0.2, 0.25) is 0 Å². The minimum atomic E-state index is 0.0142. The maximum atomic E-state index is 9.04. The third kappa shape index (κ3) is 4.51. The summed E-state index contributed by atoms with van der Waals surface area (Å²) in [5.74, 6) is 0.871. The number of nitrogens with zero attached hydrogens (tertiary/aromatic N) is 2.